The Hall–Kier alpha value is -2.52. The van der Waals surface area contributed by atoms with Gasteiger partial charge in [-0.1, -0.05) is 6.07 Å². The summed E-state index contributed by atoms with van der Waals surface area (Å²) in [6.07, 6.45) is 0.914. The molecule has 0 fully saturated rings. The summed E-state index contributed by atoms with van der Waals surface area (Å²) in [5.41, 5.74) is 2.34. The molecule has 1 amide bonds. The van der Waals surface area contributed by atoms with Crippen LogP contribution in [0.4, 0.5) is 5.69 Å². The van der Waals surface area contributed by atoms with E-state index in [4.69, 9.17) is 4.18 Å². The first kappa shape index (κ1) is 15.0. The van der Waals surface area contributed by atoms with Crippen LogP contribution in [0.5, 0.6) is 5.75 Å². The van der Waals surface area contributed by atoms with Gasteiger partial charge in [0.25, 0.3) is 0 Å². The van der Waals surface area contributed by atoms with Gasteiger partial charge in [0.15, 0.2) is 0 Å². The zero-order valence-corrected chi connectivity index (χ0v) is 13.9. The minimum Gasteiger partial charge on any atom is -0.379 e. The van der Waals surface area contributed by atoms with Crippen molar-refractivity contribution in [3.8, 4) is 5.75 Å². The van der Waals surface area contributed by atoms with E-state index in [9.17, 15) is 13.2 Å². The number of aryl methyl sites for hydroxylation is 1. The van der Waals surface area contributed by atoms with E-state index in [1.807, 2.05) is 0 Å². The molecule has 1 aliphatic heterocycles. The second-order valence-electron chi connectivity index (χ2n) is 5.29. The Balaban J connectivity index is 1.70. The molecule has 122 valence electrons. The molecule has 0 atom stereocenters. The molecular weight excluding hydrogens is 350 g/mol. The van der Waals surface area contributed by atoms with Gasteiger partial charge in [-0.15, -0.1) is 0 Å². The van der Waals surface area contributed by atoms with E-state index in [0.29, 0.717) is 29.6 Å². The Morgan fingerprint density at radius 3 is 2.88 bits per heavy atom. The van der Waals surface area contributed by atoms with E-state index < -0.39 is 10.1 Å². The maximum atomic E-state index is 12.6. The van der Waals surface area contributed by atoms with Gasteiger partial charge in [-0.2, -0.15) is 17.2 Å². The largest absolute Gasteiger partial charge is 0.379 e. The zero-order chi connectivity index (χ0) is 16.7. The third kappa shape index (κ3) is 2.61. The molecule has 0 spiro atoms. The number of aromatic nitrogens is 2. The lowest BCUT2D eigenvalue weighted by Gasteiger charge is -2.17. The minimum atomic E-state index is -4.03. The van der Waals surface area contributed by atoms with E-state index in [0.717, 1.165) is 17.3 Å². The van der Waals surface area contributed by atoms with Crippen molar-refractivity contribution in [2.24, 2.45) is 0 Å². The average Bonchev–Trinajstić information content (AvgIpc) is 3.03. The first-order valence-electron chi connectivity index (χ1n) is 7.11. The smallest absolute Gasteiger partial charge is 0.341 e. The molecule has 0 radical (unpaired) electrons. The highest BCUT2D eigenvalue weighted by Crippen LogP contribution is 2.29. The van der Waals surface area contributed by atoms with E-state index in [-0.39, 0.29) is 16.6 Å². The normalized spacial score (nSPS) is 14.2. The number of fused-ring (bicyclic) bond motifs is 2. The highest BCUT2D eigenvalue weighted by molar-refractivity contribution is 7.87. The van der Waals surface area contributed by atoms with E-state index in [2.05, 4.69) is 14.1 Å². The SMILES string of the molecule is O=C1CCc2cc(OS(=O)(=O)c3cccc4nsnc34)ccc2N1. The number of hydrogen-bond donors (Lipinski definition) is 1. The fourth-order valence-corrected chi connectivity index (χ4v) is 4.25. The van der Waals surface area contributed by atoms with Gasteiger partial charge >= 0.3 is 10.1 Å². The van der Waals surface area contributed by atoms with Gasteiger partial charge in [0.1, 0.15) is 21.7 Å². The third-order valence-corrected chi connectivity index (χ3v) is 5.52. The van der Waals surface area contributed by atoms with Crippen LogP contribution in [0.2, 0.25) is 0 Å². The number of hydrogen-bond acceptors (Lipinski definition) is 7. The van der Waals surface area contributed by atoms with Gasteiger partial charge in [-0.3, -0.25) is 4.79 Å². The molecule has 24 heavy (non-hydrogen) atoms. The summed E-state index contributed by atoms with van der Waals surface area (Å²) < 4.78 is 38.5. The van der Waals surface area contributed by atoms with Gasteiger partial charge in [-0.05, 0) is 42.3 Å². The van der Waals surface area contributed by atoms with Gasteiger partial charge in [0, 0.05) is 12.1 Å². The second-order valence-corrected chi connectivity index (χ2v) is 7.34. The molecule has 2 aromatic carbocycles. The van der Waals surface area contributed by atoms with Crippen LogP contribution in [-0.4, -0.2) is 23.1 Å². The van der Waals surface area contributed by atoms with Crippen LogP contribution in [0.25, 0.3) is 11.0 Å². The molecule has 1 N–H and O–H groups in total. The van der Waals surface area contributed by atoms with Crippen LogP contribution in [0.3, 0.4) is 0 Å². The lowest BCUT2D eigenvalue weighted by atomic mass is 10.0. The maximum absolute atomic E-state index is 12.6. The molecule has 0 saturated carbocycles. The molecule has 2 heterocycles. The van der Waals surface area contributed by atoms with Crippen molar-refractivity contribution in [1.29, 1.82) is 0 Å². The summed E-state index contributed by atoms with van der Waals surface area (Å²) in [6.45, 7) is 0. The number of carbonyl (C=O) groups excluding carboxylic acids is 1. The molecular formula is C15H11N3O4S2. The standard InChI is InChI=1S/C15H11N3O4S2/c19-14-7-4-9-8-10(5-6-11(9)16-14)22-24(20,21)13-3-1-2-12-15(13)18-23-17-12/h1-3,5-6,8H,4,7H2,(H,16,19). The molecule has 1 aliphatic rings. The summed E-state index contributed by atoms with van der Waals surface area (Å²) in [6, 6.07) is 9.52. The van der Waals surface area contributed by atoms with Gasteiger partial charge in [0.2, 0.25) is 5.91 Å². The van der Waals surface area contributed by atoms with Gasteiger partial charge in [0.05, 0.1) is 11.7 Å². The number of anilines is 1. The number of nitrogens with one attached hydrogen (secondary N) is 1. The number of amides is 1. The molecule has 4 rings (SSSR count). The topological polar surface area (TPSA) is 98.3 Å². The maximum Gasteiger partial charge on any atom is 0.341 e. The molecule has 3 aromatic rings. The summed E-state index contributed by atoms with van der Waals surface area (Å²) in [4.78, 5) is 11.4. The van der Waals surface area contributed by atoms with Crippen LogP contribution in [0, 0.1) is 0 Å². The van der Waals surface area contributed by atoms with Crippen molar-refractivity contribution in [1.82, 2.24) is 8.75 Å². The van der Waals surface area contributed by atoms with E-state index >= 15 is 0 Å². The molecule has 0 bridgehead atoms. The Labute approximate surface area is 141 Å². The Bertz CT molecular complexity index is 1060. The second kappa shape index (κ2) is 5.53. The highest BCUT2D eigenvalue weighted by Gasteiger charge is 2.23. The first-order chi connectivity index (χ1) is 11.5. The van der Waals surface area contributed by atoms with Crippen LogP contribution in [0.15, 0.2) is 41.3 Å². The minimum absolute atomic E-state index is 0.0141. The lowest BCUT2D eigenvalue weighted by molar-refractivity contribution is -0.116. The number of rotatable bonds is 3. The van der Waals surface area contributed by atoms with Crippen molar-refractivity contribution in [2.45, 2.75) is 17.7 Å². The average molecular weight is 361 g/mol. The molecule has 0 saturated heterocycles. The van der Waals surface area contributed by atoms with Crippen molar-refractivity contribution in [3.63, 3.8) is 0 Å². The molecule has 9 heteroatoms. The highest BCUT2D eigenvalue weighted by atomic mass is 32.2. The molecule has 7 nitrogen and oxygen atoms in total. The first-order valence-corrected chi connectivity index (χ1v) is 9.25. The lowest BCUT2D eigenvalue weighted by Crippen LogP contribution is -2.19. The molecule has 1 aromatic heterocycles. The van der Waals surface area contributed by atoms with E-state index in [1.54, 1.807) is 24.3 Å². The Morgan fingerprint density at radius 2 is 2.00 bits per heavy atom. The quantitative estimate of drug-likeness (QED) is 0.719. The van der Waals surface area contributed by atoms with Crippen LogP contribution in [0.1, 0.15) is 12.0 Å². The Morgan fingerprint density at radius 1 is 1.12 bits per heavy atom. The summed E-state index contributed by atoms with van der Waals surface area (Å²) in [5.74, 6) is 0.150. The molecule has 0 aliphatic carbocycles. The predicted molar refractivity (Wildman–Crippen MR) is 88.6 cm³/mol. The fourth-order valence-electron chi connectivity index (χ4n) is 2.57. The molecule has 0 unspecified atom stereocenters. The summed E-state index contributed by atoms with van der Waals surface area (Å²) in [7, 11) is -4.03. The number of nitrogens with zero attached hydrogens (tertiary/aromatic N) is 2. The monoisotopic (exact) mass is 361 g/mol. The van der Waals surface area contributed by atoms with Crippen LogP contribution >= 0.6 is 11.7 Å². The third-order valence-electron chi connectivity index (χ3n) is 3.70. The number of benzene rings is 2. The van der Waals surface area contributed by atoms with Crippen molar-refractivity contribution in [3.05, 3.63) is 42.0 Å². The zero-order valence-electron chi connectivity index (χ0n) is 12.2. The van der Waals surface area contributed by atoms with Gasteiger partial charge < -0.3 is 9.50 Å². The number of carbonyl (C=O) groups is 1. The van der Waals surface area contributed by atoms with Gasteiger partial charge in [-0.25, -0.2) is 0 Å². The summed E-state index contributed by atoms with van der Waals surface area (Å²) >= 11 is 0.948. The van der Waals surface area contributed by atoms with Crippen molar-refractivity contribution < 1.29 is 17.4 Å². The van der Waals surface area contributed by atoms with Crippen LogP contribution < -0.4 is 9.50 Å². The van der Waals surface area contributed by atoms with Crippen LogP contribution in [-0.2, 0) is 21.3 Å². The summed E-state index contributed by atoms with van der Waals surface area (Å²) in [5, 5.41) is 2.74. The van der Waals surface area contributed by atoms with Crippen molar-refractivity contribution >= 4 is 44.5 Å². The fraction of sp³-hybridized carbons (Fsp3) is 0.133. The van der Waals surface area contributed by atoms with E-state index in [1.165, 1.54) is 12.1 Å². The predicted octanol–water partition coefficient (Wildman–Crippen LogP) is 2.34. The Kier molecular flexibility index (Phi) is 3.47. The van der Waals surface area contributed by atoms with Crippen molar-refractivity contribution in [2.75, 3.05) is 5.32 Å².